The van der Waals surface area contributed by atoms with E-state index in [1.54, 1.807) is 33.7 Å². The van der Waals surface area contributed by atoms with E-state index < -0.39 is 17.6 Å². The molecule has 4 aliphatic rings. The van der Waals surface area contributed by atoms with Crippen LogP contribution >= 0.6 is 0 Å². The molecule has 60 heavy (non-hydrogen) atoms. The first-order chi connectivity index (χ1) is 29.0. The first-order valence-corrected chi connectivity index (χ1v) is 20.3. The number of fused-ring (bicyclic) bond motifs is 2. The fourth-order valence-corrected chi connectivity index (χ4v) is 8.83. The third-order valence-electron chi connectivity index (χ3n) is 12.1. The number of primary amides is 1. The smallest absolute Gasteiger partial charge is 0.328 e. The van der Waals surface area contributed by atoms with Crippen molar-refractivity contribution in [3.63, 3.8) is 0 Å². The van der Waals surface area contributed by atoms with Crippen molar-refractivity contribution in [1.29, 1.82) is 0 Å². The highest BCUT2D eigenvalue weighted by Crippen LogP contribution is 2.38. The Kier molecular flexibility index (Phi) is 10.2. The van der Waals surface area contributed by atoms with E-state index in [0.717, 1.165) is 80.5 Å². The second-order valence-corrected chi connectivity index (χ2v) is 16.0. The van der Waals surface area contributed by atoms with Gasteiger partial charge in [0.05, 0.1) is 6.33 Å². The van der Waals surface area contributed by atoms with Gasteiger partial charge >= 0.3 is 6.03 Å². The molecule has 9 rings (SSSR count). The van der Waals surface area contributed by atoms with E-state index in [0.29, 0.717) is 43.5 Å². The van der Waals surface area contributed by atoms with Gasteiger partial charge in [-0.25, -0.2) is 18.9 Å². The van der Waals surface area contributed by atoms with Crippen LogP contribution in [0.3, 0.4) is 0 Å². The van der Waals surface area contributed by atoms with Crippen LogP contribution in [0, 0.1) is 18.7 Å². The van der Waals surface area contributed by atoms with Crippen molar-refractivity contribution in [3.05, 3.63) is 95.2 Å². The van der Waals surface area contributed by atoms with E-state index in [9.17, 15) is 19.2 Å². The number of nitrogens with one attached hydrogen (secondary N) is 3. The van der Waals surface area contributed by atoms with Gasteiger partial charge in [-0.05, 0) is 91.4 Å². The Morgan fingerprint density at radius 1 is 0.900 bits per heavy atom. The number of halogens is 1. The molecule has 0 spiro atoms. The molecule has 17 heteroatoms. The molecule has 1 atom stereocenters. The number of rotatable bonds is 9. The zero-order valence-corrected chi connectivity index (χ0v) is 33.6. The molecular formula is C43H47FN12O4. The third-order valence-corrected chi connectivity index (χ3v) is 12.1. The molecule has 16 nitrogen and oxygen atoms in total. The number of carbonyl (C=O) groups is 4. The molecule has 0 radical (unpaired) electrons. The summed E-state index contributed by atoms with van der Waals surface area (Å²) >= 11 is 0. The van der Waals surface area contributed by atoms with E-state index in [2.05, 4.69) is 59.9 Å². The second-order valence-electron chi connectivity index (χ2n) is 16.0. The number of carbonyl (C=O) groups excluding carboxylic acids is 4. The lowest BCUT2D eigenvalue weighted by atomic mass is 9.99. The van der Waals surface area contributed by atoms with Crippen LogP contribution in [0.25, 0.3) is 11.3 Å². The molecule has 310 valence electrons. The molecule has 0 aliphatic carbocycles. The van der Waals surface area contributed by atoms with Crippen molar-refractivity contribution in [2.75, 3.05) is 77.7 Å². The highest BCUT2D eigenvalue weighted by atomic mass is 19.1. The summed E-state index contributed by atoms with van der Waals surface area (Å²) in [5, 5.41) is 13.2. The van der Waals surface area contributed by atoms with E-state index >= 15 is 4.39 Å². The van der Waals surface area contributed by atoms with Gasteiger partial charge in [0.15, 0.2) is 5.82 Å². The van der Waals surface area contributed by atoms with Crippen LogP contribution in [-0.2, 0) is 24.8 Å². The number of anilines is 6. The van der Waals surface area contributed by atoms with Crippen molar-refractivity contribution >= 4 is 58.1 Å². The van der Waals surface area contributed by atoms with Crippen molar-refractivity contribution in [1.82, 2.24) is 29.5 Å². The standard InChI is InChI=1S/C43H47FN12O4/c1-26-32(42(59)48-35-24-51(2)25-46-35)8-9-33(38(26)44)39-37(40(45)58)41-47-34-10-7-31(21-28(34)12-16-56(41)50-39)53-19-17-52(18-20-53)22-27-11-14-54(23-27)29-3-5-30(6-4-29)55-15-13-36(57)49-43(55)60/h3-10,21,24-25,27,47H,11-20,22-23H2,1-2H3,(H2,45,58)(H,48,59)(H,49,57,60)/t27-/m1/s1. The first kappa shape index (κ1) is 38.8. The minimum Gasteiger partial charge on any atom is -0.371 e. The fourth-order valence-electron chi connectivity index (χ4n) is 8.83. The van der Waals surface area contributed by atoms with Gasteiger partial charge in [0.2, 0.25) is 5.91 Å². The van der Waals surface area contributed by atoms with Crippen LogP contribution in [-0.4, -0.2) is 100 Å². The van der Waals surface area contributed by atoms with Gasteiger partial charge in [-0.15, -0.1) is 0 Å². The Bertz CT molecular complexity index is 2510. The van der Waals surface area contributed by atoms with Crippen LogP contribution in [0.5, 0.6) is 0 Å². The van der Waals surface area contributed by atoms with Crippen LogP contribution < -0.4 is 36.4 Å². The third kappa shape index (κ3) is 7.51. The van der Waals surface area contributed by atoms with E-state index in [4.69, 9.17) is 10.8 Å². The zero-order chi connectivity index (χ0) is 41.7. The number of imide groups is 1. The van der Waals surface area contributed by atoms with Crippen molar-refractivity contribution in [2.24, 2.45) is 18.7 Å². The van der Waals surface area contributed by atoms with Crippen LogP contribution in [0.1, 0.15) is 44.7 Å². The number of nitrogens with two attached hydrogens (primary N) is 1. The molecule has 2 aromatic heterocycles. The molecule has 0 bridgehead atoms. The topological polar surface area (TPSA) is 179 Å². The molecular weight excluding hydrogens is 768 g/mol. The van der Waals surface area contributed by atoms with Gasteiger partial charge in [0.1, 0.15) is 22.9 Å². The molecule has 0 saturated carbocycles. The van der Waals surface area contributed by atoms with Gasteiger partial charge in [-0.3, -0.25) is 29.5 Å². The van der Waals surface area contributed by atoms with Crippen molar-refractivity contribution < 1.29 is 23.6 Å². The predicted octanol–water partition coefficient (Wildman–Crippen LogP) is 4.48. The van der Waals surface area contributed by atoms with Gasteiger partial charge in [0.25, 0.3) is 11.8 Å². The summed E-state index contributed by atoms with van der Waals surface area (Å²) in [5.41, 5.74) is 11.5. The SMILES string of the molecule is Cc1c(C(=O)Nc2cn(C)cn2)ccc(-c2nn3c(c2C(N)=O)Nc2ccc(N4CCN(C[C@H]5CCN(c6ccc(N7CCC(=O)NC7=O)cc6)C5)CC4)cc2CC3)c1F. The summed E-state index contributed by atoms with van der Waals surface area (Å²) in [7, 11) is 1.78. The van der Waals surface area contributed by atoms with Gasteiger partial charge < -0.3 is 30.7 Å². The lowest BCUT2D eigenvalue weighted by molar-refractivity contribution is -0.120. The molecule has 5 aromatic rings. The summed E-state index contributed by atoms with van der Waals surface area (Å²) in [6, 6.07) is 17.0. The summed E-state index contributed by atoms with van der Waals surface area (Å²) in [6.45, 7) is 9.12. The summed E-state index contributed by atoms with van der Waals surface area (Å²) in [6.07, 6.45) is 5.26. The highest BCUT2D eigenvalue weighted by Gasteiger charge is 2.31. The monoisotopic (exact) mass is 814 g/mol. The second kappa shape index (κ2) is 15.8. The van der Waals surface area contributed by atoms with Crippen LogP contribution in [0.4, 0.5) is 43.6 Å². The largest absolute Gasteiger partial charge is 0.371 e. The number of aryl methyl sites for hydroxylation is 3. The zero-order valence-electron chi connectivity index (χ0n) is 33.6. The number of amides is 5. The molecule has 5 N–H and O–H groups in total. The molecule has 6 heterocycles. The van der Waals surface area contributed by atoms with Gasteiger partial charge in [-0.1, -0.05) is 0 Å². The van der Waals surface area contributed by atoms with Gasteiger partial charge in [0, 0.05) is 112 Å². The van der Waals surface area contributed by atoms with Crippen LogP contribution in [0.2, 0.25) is 0 Å². The number of piperazine rings is 1. The summed E-state index contributed by atoms with van der Waals surface area (Å²) in [4.78, 5) is 62.9. The maximum Gasteiger partial charge on any atom is 0.328 e. The normalized spacial score (nSPS) is 18.1. The quantitative estimate of drug-likeness (QED) is 0.166. The first-order valence-electron chi connectivity index (χ1n) is 20.3. The Morgan fingerprint density at radius 2 is 1.67 bits per heavy atom. The predicted molar refractivity (Wildman–Crippen MR) is 226 cm³/mol. The Hall–Kier alpha value is -6.75. The molecule has 0 unspecified atom stereocenters. The lowest BCUT2D eigenvalue weighted by Crippen LogP contribution is -2.49. The maximum atomic E-state index is 16.0. The number of hydrogen-bond donors (Lipinski definition) is 4. The van der Waals surface area contributed by atoms with E-state index in [-0.39, 0.29) is 39.9 Å². The molecule has 3 saturated heterocycles. The highest BCUT2D eigenvalue weighted by molar-refractivity contribution is 6.07. The molecule has 3 aromatic carbocycles. The number of benzene rings is 3. The van der Waals surface area contributed by atoms with Crippen molar-refractivity contribution in [2.45, 2.75) is 32.7 Å². The summed E-state index contributed by atoms with van der Waals surface area (Å²) < 4.78 is 19.4. The number of urea groups is 1. The Morgan fingerprint density at radius 3 is 2.40 bits per heavy atom. The Labute approximate surface area is 346 Å². The number of hydrogen-bond acceptors (Lipinski definition) is 10. The minimum absolute atomic E-state index is 0.0786. The maximum absolute atomic E-state index is 16.0. The molecule has 5 amide bonds. The number of nitrogens with zero attached hydrogens (tertiary/aromatic N) is 8. The minimum atomic E-state index is -0.741. The van der Waals surface area contributed by atoms with E-state index in [1.165, 1.54) is 19.1 Å². The average molecular weight is 815 g/mol. The van der Waals surface area contributed by atoms with Gasteiger partial charge in [-0.2, -0.15) is 5.10 Å². The Balaban J connectivity index is 0.819. The van der Waals surface area contributed by atoms with Crippen molar-refractivity contribution in [3.8, 4) is 11.3 Å². The molecule has 4 aliphatic heterocycles. The average Bonchev–Trinajstić information content (AvgIpc) is 3.94. The lowest BCUT2D eigenvalue weighted by Gasteiger charge is -2.37. The summed E-state index contributed by atoms with van der Waals surface area (Å²) in [5.74, 6) is -0.828. The number of aromatic nitrogens is 4. The molecule has 3 fully saturated rings. The number of imidazole rings is 1. The fraction of sp³-hybridized carbons (Fsp3) is 0.349. The van der Waals surface area contributed by atoms with Crippen LogP contribution in [0.15, 0.2) is 67.1 Å². The van der Waals surface area contributed by atoms with E-state index in [1.807, 2.05) is 18.2 Å².